The lowest BCUT2D eigenvalue weighted by Gasteiger charge is -1.95. The van der Waals surface area contributed by atoms with E-state index in [2.05, 4.69) is 9.99 Å². The first kappa shape index (κ1) is 13.3. The van der Waals surface area contributed by atoms with Crippen molar-refractivity contribution in [3.8, 4) is 0 Å². The van der Waals surface area contributed by atoms with Crippen LogP contribution in [0, 0.1) is 0 Å². The monoisotopic (exact) mass is 253 g/mol. The van der Waals surface area contributed by atoms with Gasteiger partial charge in [-0.25, -0.2) is 4.79 Å². The van der Waals surface area contributed by atoms with Gasteiger partial charge in [-0.15, -0.1) is 0 Å². The average Bonchev–Trinajstić information content (AvgIpc) is 2.28. The van der Waals surface area contributed by atoms with Crippen LogP contribution in [0.2, 0.25) is 5.02 Å². The van der Waals surface area contributed by atoms with Crippen LogP contribution in [0.1, 0.15) is 12.5 Å². The van der Waals surface area contributed by atoms with Crippen LogP contribution in [0.4, 0.5) is 0 Å². The van der Waals surface area contributed by atoms with Gasteiger partial charge in [-0.1, -0.05) is 35.0 Å². The topological polar surface area (TPSA) is 58.9 Å². The van der Waals surface area contributed by atoms with E-state index in [1.807, 2.05) is 18.2 Å². The van der Waals surface area contributed by atoms with E-state index >= 15 is 0 Å². The number of allylic oxidation sites excluding steroid dienone is 1. The molecule has 0 bridgehead atoms. The van der Waals surface area contributed by atoms with E-state index in [4.69, 9.17) is 16.7 Å². The third kappa shape index (κ3) is 5.73. The highest BCUT2D eigenvalue weighted by molar-refractivity contribution is 6.30. The minimum Gasteiger partial charge on any atom is -0.479 e. The van der Waals surface area contributed by atoms with Gasteiger partial charge in [0.1, 0.15) is 0 Å². The van der Waals surface area contributed by atoms with Crippen LogP contribution >= 0.6 is 11.6 Å². The minimum atomic E-state index is -1.05. The zero-order valence-corrected chi connectivity index (χ0v) is 10.0. The maximum Gasteiger partial charge on any atom is 0.344 e. The summed E-state index contributed by atoms with van der Waals surface area (Å²) >= 11 is 5.75. The van der Waals surface area contributed by atoms with Crippen LogP contribution in [0.15, 0.2) is 35.5 Å². The largest absolute Gasteiger partial charge is 0.479 e. The van der Waals surface area contributed by atoms with Crippen LogP contribution in [0.3, 0.4) is 0 Å². The Bertz CT molecular complexity index is 438. The van der Waals surface area contributed by atoms with Gasteiger partial charge in [0.2, 0.25) is 6.61 Å². The van der Waals surface area contributed by atoms with E-state index in [1.54, 1.807) is 25.1 Å². The first-order valence-electron chi connectivity index (χ1n) is 4.90. The Morgan fingerprint density at radius 3 is 2.71 bits per heavy atom. The highest BCUT2D eigenvalue weighted by atomic mass is 35.5. The summed E-state index contributed by atoms with van der Waals surface area (Å²) < 4.78 is 0. The molecule has 0 aliphatic carbocycles. The van der Waals surface area contributed by atoms with Crippen molar-refractivity contribution in [1.29, 1.82) is 0 Å². The van der Waals surface area contributed by atoms with Gasteiger partial charge in [-0.2, -0.15) is 0 Å². The fraction of sp³-hybridized carbons (Fsp3) is 0.167. The normalized spacial score (nSPS) is 11.8. The van der Waals surface area contributed by atoms with E-state index < -0.39 is 12.6 Å². The lowest BCUT2D eigenvalue weighted by Crippen LogP contribution is -2.04. The van der Waals surface area contributed by atoms with Crippen molar-refractivity contribution < 1.29 is 14.7 Å². The third-order valence-corrected chi connectivity index (χ3v) is 2.04. The molecule has 0 radical (unpaired) electrons. The Balaban J connectivity index is 2.52. The molecule has 90 valence electrons. The van der Waals surface area contributed by atoms with Crippen LogP contribution < -0.4 is 0 Å². The van der Waals surface area contributed by atoms with Gasteiger partial charge in [-0.3, -0.25) is 0 Å². The van der Waals surface area contributed by atoms with Crippen molar-refractivity contribution in [3.05, 3.63) is 40.9 Å². The van der Waals surface area contributed by atoms with Gasteiger partial charge in [0.05, 0.1) is 5.71 Å². The summed E-state index contributed by atoms with van der Waals surface area (Å²) in [5, 5.41) is 12.6. The standard InChI is InChI=1S/C12H12ClNO3/c1-9(14-17-8-12(15)16)2-3-10-4-6-11(13)7-5-10/h2-7H,8H2,1H3,(H,15,16)/b3-2+,14-9+. The first-order chi connectivity index (χ1) is 8.08. The number of oxime groups is 1. The van der Waals surface area contributed by atoms with Gasteiger partial charge >= 0.3 is 5.97 Å². The SMILES string of the molecule is CC(/C=C/c1ccc(Cl)cc1)=N\OCC(=O)O. The van der Waals surface area contributed by atoms with Crippen molar-refractivity contribution in [1.82, 2.24) is 0 Å². The molecule has 5 heteroatoms. The second-order valence-corrected chi connectivity index (χ2v) is 3.72. The maximum absolute atomic E-state index is 10.2. The zero-order valence-electron chi connectivity index (χ0n) is 9.26. The second kappa shape index (κ2) is 6.70. The quantitative estimate of drug-likeness (QED) is 0.648. The van der Waals surface area contributed by atoms with E-state index in [0.717, 1.165) is 5.56 Å². The molecule has 17 heavy (non-hydrogen) atoms. The van der Waals surface area contributed by atoms with E-state index in [-0.39, 0.29) is 0 Å². The summed E-state index contributed by atoms with van der Waals surface area (Å²) in [5.41, 5.74) is 1.56. The van der Waals surface area contributed by atoms with Crippen LogP contribution in [0.25, 0.3) is 6.08 Å². The lowest BCUT2D eigenvalue weighted by molar-refractivity contribution is -0.142. The number of carboxylic acid groups (broad SMARTS) is 1. The van der Waals surface area contributed by atoms with E-state index in [0.29, 0.717) is 10.7 Å². The Morgan fingerprint density at radius 2 is 2.12 bits per heavy atom. The van der Waals surface area contributed by atoms with Gasteiger partial charge in [0, 0.05) is 5.02 Å². The van der Waals surface area contributed by atoms with Gasteiger partial charge < -0.3 is 9.94 Å². The Hall–Kier alpha value is -1.81. The van der Waals surface area contributed by atoms with Gasteiger partial charge in [0.25, 0.3) is 0 Å². The third-order valence-electron chi connectivity index (χ3n) is 1.78. The molecule has 0 amide bonds. The Labute approximate surface area is 104 Å². The van der Waals surface area contributed by atoms with Crippen molar-refractivity contribution >= 4 is 29.4 Å². The predicted molar refractivity (Wildman–Crippen MR) is 67.2 cm³/mol. The molecule has 0 unspecified atom stereocenters. The summed E-state index contributed by atoms with van der Waals surface area (Å²) in [6.45, 7) is 1.28. The van der Waals surface area contributed by atoms with Gasteiger partial charge in [-0.05, 0) is 30.7 Å². The van der Waals surface area contributed by atoms with Crippen molar-refractivity contribution in [2.45, 2.75) is 6.92 Å². The number of nitrogens with zero attached hydrogens (tertiary/aromatic N) is 1. The molecule has 1 rings (SSSR count). The molecule has 0 aliphatic rings. The van der Waals surface area contributed by atoms with Crippen LogP contribution in [-0.4, -0.2) is 23.4 Å². The molecule has 0 saturated carbocycles. The number of benzene rings is 1. The minimum absolute atomic E-state index is 0.438. The fourth-order valence-corrected chi connectivity index (χ4v) is 1.14. The zero-order chi connectivity index (χ0) is 12.7. The van der Waals surface area contributed by atoms with Crippen molar-refractivity contribution in [3.63, 3.8) is 0 Å². The molecular weight excluding hydrogens is 242 g/mol. The molecule has 0 aliphatic heterocycles. The Kier molecular flexibility index (Phi) is 5.23. The molecule has 0 spiro atoms. The fourth-order valence-electron chi connectivity index (χ4n) is 1.01. The predicted octanol–water partition coefficient (Wildman–Crippen LogP) is 2.83. The number of halogens is 1. The summed E-state index contributed by atoms with van der Waals surface area (Å²) in [7, 11) is 0. The second-order valence-electron chi connectivity index (χ2n) is 3.28. The summed E-state index contributed by atoms with van der Waals surface area (Å²) in [6, 6.07) is 7.30. The summed E-state index contributed by atoms with van der Waals surface area (Å²) in [5.74, 6) is -1.05. The number of aliphatic carboxylic acids is 1. The van der Waals surface area contributed by atoms with Gasteiger partial charge in [0.15, 0.2) is 0 Å². The molecule has 0 fully saturated rings. The molecule has 0 aromatic heterocycles. The van der Waals surface area contributed by atoms with Crippen LogP contribution in [0.5, 0.6) is 0 Å². The molecule has 1 aromatic rings. The highest BCUT2D eigenvalue weighted by Crippen LogP contribution is 2.10. The van der Waals surface area contributed by atoms with Crippen LogP contribution in [-0.2, 0) is 9.63 Å². The lowest BCUT2D eigenvalue weighted by atomic mass is 10.2. The maximum atomic E-state index is 10.2. The van der Waals surface area contributed by atoms with Crippen molar-refractivity contribution in [2.75, 3.05) is 6.61 Å². The smallest absolute Gasteiger partial charge is 0.344 e. The molecule has 0 atom stereocenters. The number of carboxylic acids is 1. The molecule has 1 aromatic carbocycles. The van der Waals surface area contributed by atoms with E-state index in [1.165, 1.54) is 0 Å². The van der Waals surface area contributed by atoms with E-state index in [9.17, 15) is 4.79 Å². The summed E-state index contributed by atoms with van der Waals surface area (Å²) in [6.07, 6.45) is 3.56. The number of rotatable bonds is 5. The van der Waals surface area contributed by atoms with Crippen molar-refractivity contribution in [2.24, 2.45) is 5.16 Å². The Morgan fingerprint density at radius 1 is 1.47 bits per heavy atom. The molecule has 4 nitrogen and oxygen atoms in total. The number of carbonyl (C=O) groups is 1. The summed E-state index contributed by atoms with van der Waals surface area (Å²) in [4.78, 5) is 14.7. The number of hydrogen-bond acceptors (Lipinski definition) is 3. The molecule has 1 N–H and O–H groups in total. The highest BCUT2D eigenvalue weighted by Gasteiger charge is 1.94. The molecular formula is C12H12ClNO3. The average molecular weight is 254 g/mol. The number of hydrogen-bond donors (Lipinski definition) is 1. The molecule has 0 saturated heterocycles. The first-order valence-corrected chi connectivity index (χ1v) is 5.28. The molecule has 0 heterocycles.